The number of hydrogen-bond donors (Lipinski definition) is 1. The second-order valence-corrected chi connectivity index (χ2v) is 5.80. The van der Waals surface area contributed by atoms with Crippen LogP contribution in [0.2, 0.25) is 0 Å². The molecule has 3 rings (SSSR count). The minimum atomic E-state index is -0.826. The Bertz CT molecular complexity index is 498. The number of carbonyl (C=O) groups is 1. The topological polar surface area (TPSA) is 45.5 Å². The van der Waals surface area contributed by atoms with Gasteiger partial charge in [0.05, 0.1) is 0 Å². The smallest absolute Gasteiger partial charge is 0.352 e. The van der Waals surface area contributed by atoms with Gasteiger partial charge in [-0.05, 0) is 44.2 Å². The molecule has 0 saturated carbocycles. The summed E-state index contributed by atoms with van der Waals surface area (Å²) in [5.41, 5.74) is 0.418. The van der Waals surface area contributed by atoms with E-state index in [-0.39, 0.29) is 0 Å². The zero-order valence-corrected chi connectivity index (χ0v) is 11.7. The fourth-order valence-electron chi connectivity index (χ4n) is 3.49. The number of rotatable bonds is 3. The summed E-state index contributed by atoms with van der Waals surface area (Å²) in [5.74, 6) is -0.826. The van der Waals surface area contributed by atoms with Crippen LogP contribution in [0, 0.1) is 0 Å². The molecule has 1 fully saturated rings. The second kappa shape index (κ2) is 5.83. The van der Waals surface area contributed by atoms with E-state index in [1.807, 2.05) is 16.8 Å². The standard InChI is InChI=1S/C16H22N2O2/c19-16(20)15-7-4-10-18(15)14-8-11-17(12-9-14)13-5-2-1-3-6-13/h2,4-5,7,10,13-14H,1,3,6,8-9,11-12H2,(H,19,20). The molecule has 1 aliphatic carbocycles. The third-order valence-corrected chi connectivity index (χ3v) is 4.59. The first-order chi connectivity index (χ1) is 9.75. The quantitative estimate of drug-likeness (QED) is 0.862. The summed E-state index contributed by atoms with van der Waals surface area (Å²) in [7, 11) is 0. The van der Waals surface area contributed by atoms with E-state index in [9.17, 15) is 9.90 Å². The summed E-state index contributed by atoms with van der Waals surface area (Å²) in [4.78, 5) is 13.7. The molecular formula is C16H22N2O2. The van der Waals surface area contributed by atoms with Gasteiger partial charge in [-0.25, -0.2) is 4.79 Å². The zero-order chi connectivity index (χ0) is 13.9. The maximum Gasteiger partial charge on any atom is 0.352 e. The fraction of sp³-hybridized carbons (Fsp3) is 0.562. The highest BCUT2D eigenvalue weighted by molar-refractivity contribution is 5.85. The Balaban J connectivity index is 1.63. The summed E-state index contributed by atoms with van der Waals surface area (Å²) >= 11 is 0. The van der Waals surface area contributed by atoms with Gasteiger partial charge in [-0.2, -0.15) is 0 Å². The van der Waals surface area contributed by atoms with Crippen molar-refractivity contribution in [2.75, 3.05) is 13.1 Å². The van der Waals surface area contributed by atoms with E-state index in [4.69, 9.17) is 0 Å². The number of carboxylic acids is 1. The van der Waals surface area contributed by atoms with Crippen molar-refractivity contribution in [2.45, 2.75) is 44.2 Å². The highest BCUT2D eigenvalue weighted by Crippen LogP contribution is 2.28. The van der Waals surface area contributed by atoms with E-state index in [2.05, 4.69) is 17.1 Å². The Morgan fingerprint density at radius 2 is 2.05 bits per heavy atom. The van der Waals surface area contributed by atoms with Crippen LogP contribution in [0.5, 0.6) is 0 Å². The summed E-state index contributed by atoms with van der Waals surface area (Å²) in [6.07, 6.45) is 12.4. The average Bonchev–Trinajstić information content (AvgIpc) is 2.98. The molecule has 0 amide bonds. The van der Waals surface area contributed by atoms with Crippen molar-refractivity contribution >= 4 is 5.97 Å². The number of allylic oxidation sites excluding steroid dienone is 1. The fourth-order valence-corrected chi connectivity index (χ4v) is 3.49. The molecule has 2 heterocycles. The van der Waals surface area contributed by atoms with Crippen LogP contribution in [0.25, 0.3) is 0 Å². The van der Waals surface area contributed by atoms with Crippen molar-refractivity contribution in [1.82, 2.24) is 9.47 Å². The van der Waals surface area contributed by atoms with Crippen LogP contribution in [-0.2, 0) is 0 Å². The van der Waals surface area contributed by atoms with Crippen molar-refractivity contribution in [3.63, 3.8) is 0 Å². The first-order valence-corrected chi connectivity index (χ1v) is 7.56. The summed E-state index contributed by atoms with van der Waals surface area (Å²) in [6, 6.07) is 4.46. The van der Waals surface area contributed by atoms with Crippen LogP contribution >= 0.6 is 0 Å². The number of aromatic nitrogens is 1. The number of hydrogen-bond acceptors (Lipinski definition) is 2. The van der Waals surface area contributed by atoms with Crippen molar-refractivity contribution in [3.05, 3.63) is 36.2 Å². The lowest BCUT2D eigenvalue weighted by Gasteiger charge is -2.38. The summed E-state index contributed by atoms with van der Waals surface area (Å²) in [6.45, 7) is 2.13. The number of carboxylic acid groups (broad SMARTS) is 1. The third-order valence-electron chi connectivity index (χ3n) is 4.59. The first kappa shape index (κ1) is 13.4. The molecule has 1 atom stereocenters. The number of aromatic carboxylic acids is 1. The van der Waals surface area contributed by atoms with E-state index < -0.39 is 5.97 Å². The molecule has 0 radical (unpaired) electrons. The van der Waals surface area contributed by atoms with Gasteiger partial charge in [-0.3, -0.25) is 4.90 Å². The first-order valence-electron chi connectivity index (χ1n) is 7.56. The minimum absolute atomic E-state index is 0.333. The van der Waals surface area contributed by atoms with E-state index in [1.54, 1.807) is 6.07 Å². The molecule has 4 nitrogen and oxygen atoms in total. The molecule has 1 unspecified atom stereocenters. The largest absolute Gasteiger partial charge is 0.477 e. The van der Waals surface area contributed by atoms with Gasteiger partial charge in [0.2, 0.25) is 0 Å². The number of nitrogens with zero attached hydrogens (tertiary/aromatic N) is 2. The SMILES string of the molecule is O=C(O)c1cccn1C1CCN(C2C=CCCC2)CC1. The summed E-state index contributed by atoms with van der Waals surface area (Å²) in [5, 5.41) is 9.20. The average molecular weight is 274 g/mol. The van der Waals surface area contributed by atoms with Gasteiger partial charge in [-0.1, -0.05) is 12.2 Å². The van der Waals surface area contributed by atoms with Gasteiger partial charge in [0.15, 0.2) is 0 Å². The Hall–Kier alpha value is -1.55. The number of piperidine rings is 1. The highest BCUT2D eigenvalue weighted by atomic mass is 16.4. The minimum Gasteiger partial charge on any atom is -0.477 e. The molecule has 1 aliphatic heterocycles. The Morgan fingerprint density at radius 1 is 1.25 bits per heavy atom. The summed E-state index contributed by atoms with van der Waals surface area (Å²) < 4.78 is 1.94. The van der Waals surface area contributed by atoms with Gasteiger partial charge in [0.1, 0.15) is 5.69 Å². The van der Waals surface area contributed by atoms with Crippen LogP contribution in [0.3, 0.4) is 0 Å². The van der Waals surface area contributed by atoms with E-state index in [0.29, 0.717) is 17.8 Å². The van der Waals surface area contributed by atoms with Crippen molar-refractivity contribution < 1.29 is 9.90 Å². The van der Waals surface area contributed by atoms with Crippen LogP contribution in [0.15, 0.2) is 30.5 Å². The molecule has 1 aromatic heterocycles. The van der Waals surface area contributed by atoms with Crippen LogP contribution < -0.4 is 0 Å². The molecule has 4 heteroatoms. The monoisotopic (exact) mass is 274 g/mol. The van der Waals surface area contributed by atoms with E-state index in [1.165, 1.54) is 19.3 Å². The molecule has 1 aromatic rings. The normalized spacial score (nSPS) is 24.9. The van der Waals surface area contributed by atoms with Gasteiger partial charge in [0.25, 0.3) is 0 Å². The lowest BCUT2D eigenvalue weighted by Crippen LogP contribution is -2.41. The molecule has 0 bridgehead atoms. The molecule has 20 heavy (non-hydrogen) atoms. The lowest BCUT2D eigenvalue weighted by atomic mass is 9.97. The highest BCUT2D eigenvalue weighted by Gasteiger charge is 2.26. The maximum atomic E-state index is 11.2. The molecule has 0 spiro atoms. The maximum absolute atomic E-state index is 11.2. The van der Waals surface area contributed by atoms with Crippen LogP contribution in [0.1, 0.15) is 48.6 Å². The van der Waals surface area contributed by atoms with Gasteiger partial charge < -0.3 is 9.67 Å². The molecule has 108 valence electrons. The van der Waals surface area contributed by atoms with Crippen LogP contribution in [-0.4, -0.2) is 39.7 Å². The predicted molar refractivity (Wildman–Crippen MR) is 78.0 cm³/mol. The lowest BCUT2D eigenvalue weighted by molar-refractivity contribution is 0.0676. The van der Waals surface area contributed by atoms with Gasteiger partial charge >= 0.3 is 5.97 Å². The number of likely N-dealkylation sites (tertiary alicyclic amines) is 1. The van der Waals surface area contributed by atoms with Crippen molar-refractivity contribution in [2.24, 2.45) is 0 Å². The molecule has 1 N–H and O–H groups in total. The van der Waals surface area contributed by atoms with E-state index in [0.717, 1.165) is 25.9 Å². The molecular weight excluding hydrogens is 252 g/mol. The van der Waals surface area contributed by atoms with Crippen molar-refractivity contribution in [3.8, 4) is 0 Å². The Kier molecular flexibility index (Phi) is 3.92. The second-order valence-electron chi connectivity index (χ2n) is 5.80. The van der Waals surface area contributed by atoms with Gasteiger partial charge in [0, 0.05) is 31.4 Å². The van der Waals surface area contributed by atoms with Gasteiger partial charge in [-0.15, -0.1) is 0 Å². The van der Waals surface area contributed by atoms with E-state index >= 15 is 0 Å². The Morgan fingerprint density at radius 3 is 2.70 bits per heavy atom. The third kappa shape index (κ3) is 2.66. The zero-order valence-electron chi connectivity index (χ0n) is 11.7. The van der Waals surface area contributed by atoms with Crippen LogP contribution in [0.4, 0.5) is 0 Å². The predicted octanol–water partition coefficient (Wildman–Crippen LogP) is 2.93. The Labute approximate surface area is 119 Å². The molecule has 1 saturated heterocycles. The van der Waals surface area contributed by atoms with Crippen molar-refractivity contribution in [1.29, 1.82) is 0 Å². The molecule has 2 aliphatic rings. The molecule has 0 aromatic carbocycles.